The van der Waals surface area contributed by atoms with Crippen molar-refractivity contribution >= 4 is 29.4 Å². The molecule has 1 saturated carbocycles. The molecule has 2 atom stereocenters. The molecule has 3 rings (SSSR count). The van der Waals surface area contributed by atoms with E-state index in [1.165, 1.54) is 39.2 Å². The highest BCUT2D eigenvalue weighted by Gasteiger charge is 2.30. The first-order chi connectivity index (χ1) is 17.9. The Kier molecular flexibility index (Phi) is 12.1. The minimum atomic E-state index is -0.421. The first-order valence-electron chi connectivity index (χ1n) is 14.0. The maximum atomic E-state index is 13.4. The molecule has 0 bridgehead atoms. The van der Waals surface area contributed by atoms with Crippen LogP contribution in [0.5, 0.6) is 0 Å². The molecule has 208 valence electrons. The number of nitrogens with zero attached hydrogens (tertiary/aromatic N) is 2. The van der Waals surface area contributed by atoms with Gasteiger partial charge in [-0.15, -0.1) is 0 Å². The summed E-state index contributed by atoms with van der Waals surface area (Å²) in [6, 6.07) is 6.32. The zero-order valence-electron chi connectivity index (χ0n) is 22.9. The van der Waals surface area contributed by atoms with Crippen LogP contribution < -0.4 is 20.9 Å². The van der Waals surface area contributed by atoms with Crippen LogP contribution in [0.2, 0.25) is 5.02 Å². The lowest BCUT2D eigenvalue weighted by molar-refractivity contribution is 0.169. The number of carbonyl (C=O) groups excluding carboxylic acids is 2. The first kappa shape index (κ1) is 29.4. The Morgan fingerprint density at radius 1 is 1.19 bits per heavy atom. The normalized spacial score (nSPS) is 19.2. The average Bonchev–Trinajstić information content (AvgIpc) is 2.91. The Hall–Kier alpha value is -2.19. The maximum absolute atomic E-state index is 13.4. The third kappa shape index (κ3) is 9.25. The Bertz CT molecular complexity index is 864. The number of urea groups is 1. The third-order valence-corrected chi connectivity index (χ3v) is 7.99. The first-order valence-corrected chi connectivity index (χ1v) is 14.3. The van der Waals surface area contributed by atoms with Crippen molar-refractivity contribution in [3.63, 3.8) is 0 Å². The smallest absolute Gasteiger partial charge is 0.406 e. The van der Waals surface area contributed by atoms with Crippen LogP contribution in [0, 0.1) is 12.8 Å². The fraction of sp³-hybridized carbons (Fsp3) is 0.714. The van der Waals surface area contributed by atoms with Crippen molar-refractivity contribution in [2.24, 2.45) is 5.92 Å². The number of rotatable bonds is 11. The highest BCUT2D eigenvalue weighted by atomic mass is 35.5. The van der Waals surface area contributed by atoms with Crippen LogP contribution in [0.15, 0.2) is 18.2 Å². The molecule has 3 amide bonds. The summed E-state index contributed by atoms with van der Waals surface area (Å²) in [4.78, 5) is 29.2. The predicted octanol–water partition coefficient (Wildman–Crippen LogP) is 4.93. The van der Waals surface area contributed by atoms with Gasteiger partial charge in [-0.2, -0.15) is 0 Å². The van der Waals surface area contributed by atoms with E-state index in [4.69, 9.17) is 16.3 Å². The van der Waals surface area contributed by atoms with E-state index in [-0.39, 0.29) is 18.1 Å². The summed E-state index contributed by atoms with van der Waals surface area (Å²) in [6.45, 7) is 5.58. The van der Waals surface area contributed by atoms with E-state index >= 15 is 0 Å². The number of methoxy groups -OCH3 is 1. The van der Waals surface area contributed by atoms with Gasteiger partial charge in [0.05, 0.1) is 7.11 Å². The Labute approximate surface area is 227 Å². The Morgan fingerprint density at radius 2 is 1.97 bits per heavy atom. The molecule has 1 aliphatic heterocycles. The van der Waals surface area contributed by atoms with Gasteiger partial charge in [0.1, 0.15) is 0 Å². The van der Waals surface area contributed by atoms with Crippen molar-refractivity contribution < 1.29 is 14.3 Å². The van der Waals surface area contributed by atoms with Crippen LogP contribution in [0.1, 0.15) is 63.4 Å². The number of halogens is 1. The SMILES string of the molecule is CNCC(CC1CCCCC1)NC(=O)N1CCCC(N(CCCNC(=O)OC)c2cc(Cl)ccc2C)C1. The molecule has 0 radical (unpaired) electrons. The van der Waals surface area contributed by atoms with E-state index in [0.29, 0.717) is 24.0 Å². The molecular weight excluding hydrogens is 490 g/mol. The monoisotopic (exact) mass is 535 g/mol. The zero-order chi connectivity index (χ0) is 26.6. The average molecular weight is 536 g/mol. The van der Waals surface area contributed by atoms with E-state index in [2.05, 4.69) is 27.8 Å². The highest BCUT2D eigenvalue weighted by molar-refractivity contribution is 6.30. The summed E-state index contributed by atoms with van der Waals surface area (Å²) in [6.07, 6.45) is 9.86. The van der Waals surface area contributed by atoms with Crippen molar-refractivity contribution in [1.29, 1.82) is 0 Å². The van der Waals surface area contributed by atoms with Gasteiger partial charge < -0.3 is 30.5 Å². The van der Waals surface area contributed by atoms with Crippen LogP contribution in [-0.4, -0.2) is 76.0 Å². The van der Waals surface area contributed by atoms with Gasteiger partial charge in [-0.1, -0.05) is 49.8 Å². The predicted molar refractivity (Wildman–Crippen MR) is 151 cm³/mol. The van der Waals surface area contributed by atoms with Crippen LogP contribution >= 0.6 is 11.6 Å². The van der Waals surface area contributed by atoms with Gasteiger partial charge in [-0.25, -0.2) is 9.59 Å². The van der Waals surface area contributed by atoms with Crippen molar-refractivity contribution in [2.45, 2.75) is 76.8 Å². The van der Waals surface area contributed by atoms with E-state index in [9.17, 15) is 9.59 Å². The van der Waals surface area contributed by atoms with Gasteiger partial charge in [0, 0.05) is 55.5 Å². The summed E-state index contributed by atoms with van der Waals surface area (Å²) in [5, 5.41) is 10.1. The number of amides is 3. The maximum Gasteiger partial charge on any atom is 0.406 e. The minimum absolute atomic E-state index is 0.0379. The molecule has 0 spiro atoms. The number of likely N-dealkylation sites (tertiary alicyclic amines) is 1. The molecular formula is C28H46ClN5O3. The number of ether oxygens (including phenoxy) is 1. The number of piperidine rings is 1. The van der Waals surface area contributed by atoms with E-state index in [1.54, 1.807) is 0 Å². The van der Waals surface area contributed by atoms with Gasteiger partial charge in [0.2, 0.25) is 0 Å². The number of anilines is 1. The van der Waals surface area contributed by atoms with Gasteiger partial charge in [0.25, 0.3) is 0 Å². The molecule has 2 aliphatic rings. The number of alkyl carbamates (subject to hydrolysis) is 1. The molecule has 1 saturated heterocycles. The summed E-state index contributed by atoms with van der Waals surface area (Å²) < 4.78 is 4.69. The summed E-state index contributed by atoms with van der Waals surface area (Å²) in [7, 11) is 3.33. The number of hydrogen-bond acceptors (Lipinski definition) is 5. The number of benzene rings is 1. The van der Waals surface area contributed by atoms with Gasteiger partial charge in [0.15, 0.2) is 0 Å². The molecule has 0 aromatic heterocycles. The fourth-order valence-electron chi connectivity index (χ4n) is 5.83. The van der Waals surface area contributed by atoms with E-state index in [1.807, 2.05) is 30.1 Å². The molecule has 1 heterocycles. The Morgan fingerprint density at radius 3 is 2.70 bits per heavy atom. The van der Waals surface area contributed by atoms with E-state index in [0.717, 1.165) is 56.6 Å². The van der Waals surface area contributed by atoms with Gasteiger partial charge in [-0.05, 0) is 63.3 Å². The lowest BCUT2D eigenvalue weighted by Crippen LogP contribution is -2.55. The van der Waals surface area contributed by atoms with Gasteiger partial charge in [-0.3, -0.25) is 0 Å². The second kappa shape index (κ2) is 15.3. The number of carbonyl (C=O) groups is 2. The van der Waals surface area contributed by atoms with Crippen molar-refractivity contribution in [2.75, 3.05) is 51.8 Å². The molecule has 8 nitrogen and oxygen atoms in total. The van der Waals surface area contributed by atoms with E-state index < -0.39 is 6.09 Å². The lowest BCUT2D eigenvalue weighted by Gasteiger charge is -2.41. The lowest BCUT2D eigenvalue weighted by atomic mass is 9.85. The van der Waals surface area contributed by atoms with Crippen LogP contribution in [0.4, 0.5) is 15.3 Å². The van der Waals surface area contributed by atoms with Crippen LogP contribution in [0.25, 0.3) is 0 Å². The largest absolute Gasteiger partial charge is 0.453 e. The van der Waals surface area contributed by atoms with Crippen molar-refractivity contribution in [3.05, 3.63) is 28.8 Å². The zero-order valence-corrected chi connectivity index (χ0v) is 23.6. The van der Waals surface area contributed by atoms with Crippen LogP contribution in [0.3, 0.4) is 0 Å². The molecule has 1 aromatic rings. The quantitative estimate of drug-likeness (QED) is 0.350. The molecule has 3 N–H and O–H groups in total. The highest BCUT2D eigenvalue weighted by Crippen LogP contribution is 2.30. The standard InChI is InChI=1S/C28H46ClN5O3/c1-21-12-13-23(29)18-26(21)34(16-8-14-31-28(36)37-3)25-11-7-15-33(20-25)27(35)32-24(19-30-2)17-22-9-5-4-6-10-22/h12-13,18,22,24-25,30H,4-11,14-17,19-20H2,1-3H3,(H,31,36)(H,32,35). The van der Waals surface area contributed by atoms with Crippen molar-refractivity contribution in [3.8, 4) is 0 Å². The number of aryl methyl sites for hydroxylation is 1. The summed E-state index contributed by atoms with van der Waals surface area (Å²) in [5.41, 5.74) is 2.23. The van der Waals surface area contributed by atoms with Crippen molar-refractivity contribution in [1.82, 2.24) is 20.9 Å². The molecule has 9 heteroatoms. The minimum Gasteiger partial charge on any atom is -0.453 e. The summed E-state index contributed by atoms with van der Waals surface area (Å²) in [5.74, 6) is 0.710. The molecule has 2 unspecified atom stereocenters. The number of likely N-dealkylation sites (N-methyl/N-ethyl adjacent to an activating group) is 1. The molecule has 37 heavy (non-hydrogen) atoms. The third-order valence-electron chi connectivity index (χ3n) is 7.76. The second-order valence-electron chi connectivity index (χ2n) is 10.6. The van der Waals surface area contributed by atoms with Crippen LogP contribution in [-0.2, 0) is 4.74 Å². The number of nitrogens with one attached hydrogen (secondary N) is 3. The summed E-state index contributed by atoms with van der Waals surface area (Å²) >= 11 is 6.39. The second-order valence-corrected chi connectivity index (χ2v) is 11.0. The number of hydrogen-bond donors (Lipinski definition) is 3. The fourth-order valence-corrected chi connectivity index (χ4v) is 5.99. The molecule has 1 aromatic carbocycles. The molecule has 2 fully saturated rings. The molecule has 1 aliphatic carbocycles. The van der Waals surface area contributed by atoms with Gasteiger partial charge >= 0.3 is 12.1 Å². The Balaban J connectivity index is 1.66. The topological polar surface area (TPSA) is 85.9 Å².